The molecule has 0 bridgehead atoms. The average molecular weight is 231 g/mol. The summed E-state index contributed by atoms with van der Waals surface area (Å²) in [6.07, 6.45) is 3.66. The van der Waals surface area contributed by atoms with Crippen molar-refractivity contribution >= 4 is 0 Å². The number of hydrogen-bond donors (Lipinski definition) is 1. The number of nitrogens with zero attached hydrogens (tertiary/aromatic N) is 2. The second kappa shape index (κ2) is 5.01. The first-order valence-electron chi connectivity index (χ1n) is 5.59. The van der Waals surface area contributed by atoms with Gasteiger partial charge in [-0.3, -0.25) is 0 Å². The maximum Gasteiger partial charge on any atom is 0.146 e. The largest absolute Gasteiger partial charge is 0.485 e. The van der Waals surface area contributed by atoms with Crippen LogP contribution in [-0.4, -0.2) is 9.55 Å². The summed E-state index contributed by atoms with van der Waals surface area (Å²) < 4.78 is 7.69. The van der Waals surface area contributed by atoms with Gasteiger partial charge >= 0.3 is 0 Å². The molecule has 0 unspecified atom stereocenters. The van der Waals surface area contributed by atoms with Crippen molar-refractivity contribution in [1.82, 2.24) is 9.55 Å². The molecule has 0 saturated heterocycles. The summed E-state index contributed by atoms with van der Waals surface area (Å²) in [6, 6.07) is 6.03. The fraction of sp³-hybridized carbons (Fsp3) is 0.308. The fourth-order valence-electron chi connectivity index (χ4n) is 1.69. The standard InChI is InChI=1S/C13H17N3O/c1-10-3-4-12(11(7-10)8-14)17-9-13-15-5-6-16(13)2/h3-7H,8-9,14H2,1-2H3. The molecule has 2 rings (SSSR count). The summed E-state index contributed by atoms with van der Waals surface area (Å²) in [6.45, 7) is 2.98. The average Bonchev–Trinajstić information content (AvgIpc) is 2.73. The molecule has 90 valence electrons. The molecule has 1 aromatic heterocycles. The fourth-order valence-corrected chi connectivity index (χ4v) is 1.69. The lowest BCUT2D eigenvalue weighted by atomic mass is 10.1. The molecule has 0 amide bonds. The van der Waals surface area contributed by atoms with Crippen LogP contribution in [0.1, 0.15) is 17.0 Å². The maximum atomic E-state index is 5.74. The van der Waals surface area contributed by atoms with Crippen LogP contribution < -0.4 is 10.5 Å². The molecular formula is C13H17N3O. The second-order valence-corrected chi connectivity index (χ2v) is 4.06. The SMILES string of the molecule is Cc1ccc(OCc2nccn2C)c(CN)c1. The van der Waals surface area contributed by atoms with Crippen molar-refractivity contribution in [3.8, 4) is 5.75 Å². The van der Waals surface area contributed by atoms with E-state index in [9.17, 15) is 0 Å². The van der Waals surface area contributed by atoms with E-state index in [2.05, 4.69) is 4.98 Å². The third kappa shape index (κ3) is 2.65. The van der Waals surface area contributed by atoms with E-state index in [0.29, 0.717) is 13.2 Å². The highest BCUT2D eigenvalue weighted by atomic mass is 16.5. The monoisotopic (exact) mass is 231 g/mol. The van der Waals surface area contributed by atoms with Crippen molar-refractivity contribution in [2.75, 3.05) is 0 Å². The molecule has 0 aliphatic heterocycles. The number of nitrogens with two attached hydrogens (primary N) is 1. The second-order valence-electron chi connectivity index (χ2n) is 4.06. The molecule has 0 spiro atoms. The Bertz CT molecular complexity index is 505. The lowest BCUT2D eigenvalue weighted by molar-refractivity contribution is 0.289. The van der Waals surface area contributed by atoms with Gasteiger partial charge in [-0.2, -0.15) is 0 Å². The van der Waals surface area contributed by atoms with Crippen molar-refractivity contribution in [1.29, 1.82) is 0 Å². The van der Waals surface area contributed by atoms with Crippen LogP contribution in [0.2, 0.25) is 0 Å². The van der Waals surface area contributed by atoms with Crippen molar-refractivity contribution in [2.45, 2.75) is 20.1 Å². The summed E-state index contributed by atoms with van der Waals surface area (Å²) in [7, 11) is 1.95. The van der Waals surface area contributed by atoms with Crippen LogP contribution in [-0.2, 0) is 20.2 Å². The van der Waals surface area contributed by atoms with Crippen molar-refractivity contribution in [3.05, 3.63) is 47.5 Å². The Morgan fingerprint density at radius 3 is 2.88 bits per heavy atom. The third-order valence-corrected chi connectivity index (χ3v) is 2.71. The van der Waals surface area contributed by atoms with E-state index in [0.717, 1.165) is 17.1 Å². The van der Waals surface area contributed by atoms with E-state index in [1.165, 1.54) is 5.56 Å². The molecule has 1 heterocycles. The van der Waals surface area contributed by atoms with Gasteiger partial charge in [-0.15, -0.1) is 0 Å². The Balaban J connectivity index is 2.11. The molecule has 2 N–H and O–H groups in total. The number of aryl methyl sites for hydroxylation is 2. The van der Waals surface area contributed by atoms with Crippen LogP contribution in [0.3, 0.4) is 0 Å². The lowest BCUT2D eigenvalue weighted by Gasteiger charge is -2.11. The summed E-state index contributed by atoms with van der Waals surface area (Å²) in [5.41, 5.74) is 7.91. The number of imidazole rings is 1. The molecule has 0 saturated carbocycles. The Hall–Kier alpha value is -1.81. The summed E-state index contributed by atoms with van der Waals surface area (Å²) in [5, 5.41) is 0. The quantitative estimate of drug-likeness (QED) is 0.872. The van der Waals surface area contributed by atoms with Crippen LogP contribution in [0.4, 0.5) is 0 Å². The third-order valence-electron chi connectivity index (χ3n) is 2.71. The van der Waals surface area contributed by atoms with Gasteiger partial charge in [-0.05, 0) is 13.0 Å². The van der Waals surface area contributed by atoms with Gasteiger partial charge in [0.2, 0.25) is 0 Å². The molecule has 0 aliphatic carbocycles. The first kappa shape index (κ1) is 11.7. The minimum atomic E-state index is 0.458. The van der Waals surface area contributed by atoms with Gasteiger partial charge in [-0.25, -0.2) is 4.98 Å². The molecular weight excluding hydrogens is 214 g/mol. The number of ether oxygens (including phenoxy) is 1. The highest BCUT2D eigenvalue weighted by molar-refractivity contribution is 5.36. The zero-order valence-corrected chi connectivity index (χ0v) is 10.2. The van der Waals surface area contributed by atoms with E-state index >= 15 is 0 Å². The molecule has 17 heavy (non-hydrogen) atoms. The van der Waals surface area contributed by atoms with Gasteiger partial charge in [0.15, 0.2) is 0 Å². The van der Waals surface area contributed by atoms with E-state index in [-0.39, 0.29) is 0 Å². The zero-order valence-electron chi connectivity index (χ0n) is 10.2. The molecule has 0 aliphatic rings. The summed E-state index contributed by atoms with van der Waals surface area (Å²) in [5.74, 6) is 1.73. The molecule has 2 aromatic rings. The Morgan fingerprint density at radius 1 is 1.41 bits per heavy atom. The van der Waals surface area contributed by atoms with Gasteiger partial charge in [0.1, 0.15) is 18.2 Å². The minimum absolute atomic E-state index is 0.458. The van der Waals surface area contributed by atoms with Crippen molar-refractivity contribution < 1.29 is 4.74 Å². The molecule has 0 fully saturated rings. The minimum Gasteiger partial charge on any atom is -0.485 e. The first-order valence-corrected chi connectivity index (χ1v) is 5.59. The normalized spacial score (nSPS) is 10.5. The van der Waals surface area contributed by atoms with Crippen LogP contribution in [0.15, 0.2) is 30.6 Å². The smallest absolute Gasteiger partial charge is 0.146 e. The van der Waals surface area contributed by atoms with Crippen LogP contribution in [0.5, 0.6) is 5.75 Å². The van der Waals surface area contributed by atoms with Gasteiger partial charge in [0, 0.05) is 31.5 Å². The molecule has 4 nitrogen and oxygen atoms in total. The Kier molecular flexibility index (Phi) is 3.44. The molecule has 1 aromatic carbocycles. The number of benzene rings is 1. The van der Waals surface area contributed by atoms with Crippen LogP contribution >= 0.6 is 0 Å². The van der Waals surface area contributed by atoms with Gasteiger partial charge < -0.3 is 15.0 Å². The highest BCUT2D eigenvalue weighted by Crippen LogP contribution is 2.20. The van der Waals surface area contributed by atoms with Gasteiger partial charge in [0.05, 0.1) is 0 Å². The molecule has 0 atom stereocenters. The van der Waals surface area contributed by atoms with Crippen LogP contribution in [0.25, 0.3) is 0 Å². The van der Waals surface area contributed by atoms with E-state index in [1.807, 2.05) is 42.9 Å². The maximum absolute atomic E-state index is 5.74. The molecule has 4 heteroatoms. The lowest BCUT2D eigenvalue weighted by Crippen LogP contribution is -2.06. The van der Waals surface area contributed by atoms with Gasteiger partial charge in [-0.1, -0.05) is 17.7 Å². The predicted molar refractivity (Wildman–Crippen MR) is 66.6 cm³/mol. The Labute approximate surface area is 101 Å². The summed E-state index contributed by atoms with van der Waals surface area (Å²) >= 11 is 0. The number of aromatic nitrogens is 2. The zero-order chi connectivity index (χ0) is 12.3. The number of rotatable bonds is 4. The molecule has 0 radical (unpaired) electrons. The Morgan fingerprint density at radius 2 is 2.24 bits per heavy atom. The van der Waals surface area contributed by atoms with E-state index < -0.39 is 0 Å². The van der Waals surface area contributed by atoms with E-state index in [4.69, 9.17) is 10.5 Å². The van der Waals surface area contributed by atoms with Crippen molar-refractivity contribution in [2.24, 2.45) is 12.8 Å². The predicted octanol–water partition coefficient (Wildman–Crippen LogP) is 1.77. The van der Waals surface area contributed by atoms with Crippen molar-refractivity contribution in [3.63, 3.8) is 0 Å². The van der Waals surface area contributed by atoms with Gasteiger partial charge in [0.25, 0.3) is 0 Å². The number of hydrogen-bond acceptors (Lipinski definition) is 3. The van der Waals surface area contributed by atoms with Crippen LogP contribution in [0, 0.1) is 6.92 Å². The van der Waals surface area contributed by atoms with E-state index in [1.54, 1.807) is 6.20 Å². The summed E-state index contributed by atoms with van der Waals surface area (Å²) in [4.78, 5) is 4.21. The highest BCUT2D eigenvalue weighted by Gasteiger charge is 2.05. The first-order chi connectivity index (χ1) is 8.20. The topological polar surface area (TPSA) is 53.1 Å².